The van der Waals surface area contributed by atoms with E-state index in [1.165, 1.54) is 26.0 Å². The number of hydrogen-bond acceptors (Lipinski definition) is 10. The van der Waals surface area contributed by atoms with E-state index >= 15 is 0 Å². The van der Waals surface area contributed by atoms with E-state index in [4.69, 9.17) is 9.47 Å². The number of hydrogen-bond donors (Lipinski definition) is 4. The van der Waals surface area contributed by atoms with Crippen LogP contribution >= 0.6 is 22.7 Å². The molecule has 20 heteroatoms. The highest BCUT2D eigenvalue weighted by Crippen LogP contribution is 2.44. The number of rotatable bonds is 16. The molecule has 0 radical (unpaired) electrons. The molecule has 0 aliphatic rings. The van der Waals surface area contributed by atoms with E-state index in [-0.39, 0.29) is 40.9 Å². The molecular formula is C46H41F4N5O9S2. The van der Waals surface area contributed by atoms with Crippen LogP contribution in [0.2, 0.25) is 0 Å². The zero-order chi connectivity index (χ0) is 47.8. The highest BCUT2D eigenvalue weighted by Gasteiger charge is 2.33. The van der Waals surface area contributed by atoms with Gasteiger partial charge in [-0.1, -0.05) is 36.4 Å². The van der Waals surface area contributed by atoms with Crippen molar-refractivity contribution in [2.24, 2.45) is 0 Å². The number of carboxylic acid groups (broad SMARTS) is 2. The van der Waals surface area contributed by atoms with Gasteiger partial charge >= 0.3 is 30.2 Å². The quantitative estimate of drug-likeness (QED) is 0.0683. The van der Waals surface area contributed by atoms with E-state index in [1.807, 2.05) is 0 Å². The first-order chi connectivity index (χ1) is 31.5. The number of urea groups is 1. The summed E-state index contributed by atoms with van der Waals surface area (Å²) in [7, 11) is 3.45. The molecule has 66 heavy (non-hydrogen) atoms. The molecule has 0 atom stereocenters. The van der Waals surface area contributed by atoms with E-state index in [2.05, 4.69) is 10.6 Å². The molecule has 0 aliphatic carbocycles. The second kappa shape index (κ2) is 21.1. The number of thiophene rings is 2. The number of aromatic carboxylic acids is 2. The van der Waals surface area contributed by atoms with Gasteiger partial charge in [0, 0.05) is 44.4 Å². The molecule has 14 nitrogen and oxygen atoms in total. The second-order valence-corrected chi connectivity index (χ2v) is 16.5. The molecular weight excluding hydrogens is 907 g/mol. The molecule has 6 rings (SSSR count). The molecule has 4 N–H and O–H groups in total. The average molecular weight is 948 g/mol. The number of ether oxygens (including phenoxy) is 2. The number of halogens is 4. The Hall–Kier alpha value is -7.29. The minimum absolute atomic E-state index is 0.0867. The summed E-state index contributed by atoms with van der Waals surface area (Å²) in [5, 5.41) is 25.7. The molecule has 0 saturated heterocycles. The van der Waals surface area contributed by atoms with Crippen molar-refractivity contribution in [2.45, 2.75) is 33.5 Å². The number of carbonyl (C=O) groups is 5. The Morgan fingerprint density at radius 2 is 1.05 bits per heavy atom. The van der Waals surface area contributed by atoms with Crippen LogP contribution in [0, 0.1) is 23.3 Å². The van der Waals surface area contributed by atoms with E-state index in [0.717, 1.165) is 62.8 Å². The molecule has 4 amide bonds. The van der Waals surface area contributed by atoms with Crippen LogP contribution in [0.5, 0.6) is 0 Å². The van der Waals surface area contributed by atoms with Crippen molar-refractivity contribution in [1.29, 1.82) is 0 Å². The lowest BCUT2D eigenvalue weighted by molar-refractivity contribution is 0.0686. The lowest BCUT2D eigenvalue weighted by atomic mass is 10.0. The van der Waals surface area contributed by atoms with Gasteiger partial charge in [-0.2, -0.15) is 0 Å². The molecule has 4 aromatic carbocycles. The lowest BCUT2D eigenvalue weighted by Gasteiger charge is -2.22. The number of nitrogens with zero attached hydrogens (tertiary/aromatic N) is 3. The monoisotopic (exact) mass is 947 g/mol. The number of amides is 4. The highest BCUT2D eigenvalue weighted by molar-refractivity contribution is 7.20. The summed E-state index contributed by atoms with van der Waals surface area (Å²) in [6, 6.07) is 19.8. The summed E-state index contributed by atoms with van der Waals surface area (Å²) < 4.78 is 69.3. The fourth-order valence-corrected chi connectivity index (χ4v) is 9.12. The van der Waals surface area contributed by atoms with E-state index in [9.17, 15) is 51.7 Å². The van der Waals surface area contributed by atoms with Crippen molar-refractivity contribution in [3.63, 3.8) is 0 Å². The first kappa shape index (κ1) is 48.2. The van der Waals surface area contributed by atoms with E-state index < -0.39 is 77.6 Å². The Morgan fingerprint density at radius 1 is 0.591 bits per heavy atom. The van der Waals surface area contributed by atoms with Gasteiger partial charge in [-0.25, -0.2) is 41.5 Å². The van der Waals surface area contributed by atoms with Gasteiger partial charge in [0.1, 0.15) is 33.3 Å². The lowest BCUT2D eigenvalue weighted by Crippen LogP contribution is -2.32. The van der Waals surface area contributed by atoms with Crippen molar-refractivity contribution >= 4 is 74.2 Å². The van der Waals surface area contributed by atoms with Crippen LogP contribution < -0.4 is 20.4 Å². The van der Waals surface area contributed by atoms with Crippen LogP contribution in [-0.2, 0) is 29.1 Å². The van der Waals surface area contributed by atoms with Gasteiger partial charge in [0.05, 0.1) is 37.4 Å². The van der Waals surface area contributed by atoms with Gasteiger partial charge in [0.15, 0.2) is 0 Å². The van der Waals surface area contributed by atoms with Gasteiger partial charge in [-0.3, -0.25) is 9.80 Å². The number of carbonyl (C=O) groups excluding carboxylic acids is 3. The number of nitrogens with one attached hydrogen (secondary N) is 2. The van der Waals surface area contributed by atoms with Crippen molar-refractivity contribution in [2.75, 3.05) is 47.7 Å². The van der Waals surface area contributed by atoms with E-state index in [0.29, 0.717) is 37.8 Å². The Kier molecular flexibility index (Phi) is 15.4. The third kappa shape index (κ3) is 11.0. The van der Waals surface area contributed by atoms with Crippen molar-refractivity contribution in [1.82, 2.24) is 4.90 Å². The molecule has 0 bridgehead atoms. The third-order valence-electron chi connectivity index (χ3n) is 9.67. The summed E-state index contributed by atoms with van der Waals surface area (Å²) in [5.74, 6) is -6.50. The minimum Gasteiger partial charge on any atom is -0.478 e. The Morgan fingerprint density at radius 3 is 1.47 bits per heavy atom. The second-order valence-electron chi connectivity index (χ2n) is 14.5. The van der Waals surface area contributed by atoms with Gasteiger partial charge in [0.2, 0.25) is 0 Å². The molecule has 0 unspecified atom stereocenters. The molecule has 0 fully saturated rings. The Balaban J connectivity index is 1.22. The van der Waals surface area contributed by atoms with Gasteiger partial charge < -0.3 is 35.2 Å². The van der Waals surface area contributed by atoms with Gasteiger partial charge in [-0.05, 0) is 93.7 Å². The van der Waals surface area contributed by atoms with Crippen molar-refractivity contribution in [3.8, 4) is 20.9 Å². The maximum atomic E-state index is 14.8. The molecule has 0 saturated carbocycles. The van der Waals surface area contributed by atoms with Crippen LogP contribution in [-0.4, -0.2) is 72.6 Å². The highest BCUT2D eigenvalue weighted by atomic mass is 32.1. The third-order valence-corrected chi connectivity index (χ3v) is 12.2. The summed E-state index contributed by atoms with van der Waals surface area (Å²) in [6.07, 6.45) is -2.01. The van der Waals surface area contributed by atoms with Crippen LogP contribution in [0.4, 0.5) is 53.3 Å². The van der Waals surface area contributed by atoms with Gasteiger partial charge in [0.25, 0.3) is 0 Å². The average Bonchev–Trinajstić information content (AvgIpc) is 3.87. The molecule has 6 aromatic rings. The van der Waals surface area contributed by atoms with Crippen LogP contribution in [0.15, 0.2) is 91.0 Å². The Labute approximate surface area is 383 Å². The number of benzene rings is 4. The van der Waals surface area contributed by atoms with Crippen molar-refractivity contribution in [3.05, 3.63) is 142 Å². The molecule has 344 valence electrons. The van der Waals surface area contributed by atoms with Crippen LogP contribution in [0.3, 0.4) is 0 Å². The fourth-order valence-electron chi connectivity index (χ4n) is 6.68. The number of anilines is 4. The SMILES string of the molecule is CCOC(=O)N(Cc1c(F)cccc1F)c1sc(-c2ccc(NC(=O)Nc3ccc(-c4sc(N(Cc5c(F)cccc5F)C(=O)OCC)c(C(=O)O)c4CN(C)C)cc3)cc2)cc1C(=O)O. The smallest absolute Gasteiger partial charge is 0.415 e. The minimum atomic E-state index is -1.40. The summed E-state index contributed by atoms with van der Waals surface area (Å²) in [6.45, 7) is 1.70. The number of carboxylic acids is 2. The zero-order valence-corrected chi connectivity index (χ0v) is 37.3. The van der Waals surface area contributed by atoms with E-state index in [1.54, 1.807) is 67.5 Å². The predicted octanol–water partition coefficient (Wildman–Crippen LogP) is 11.1. The molecule has 0 spiro atoms. The zero-order valence-electron chi connectivity index (χ0n) is 35.6. The molecule has 0 aliphatic heterocycles. The first-order valence-corrected chi connectivity index (χ1v) is 21.6. The summed E-state index contributed by atoms with van der Waals surface area (Å²) in [4.78, 5) is 69.0. The fraction of sp³-hybridized carbons (Fsp3) is 0.196. The summed E-state index contributed by atoms with van der Waals surface area (Å²) in [5.41, 5.74) is 0.542. The largest absolute Gasteiger partial charge is 0.478 e. The normalized spacial score (nSPS) is 11.0. The molecule has 2 aromatic heterocycles. The van der Waals surface area contributed by atoms with Crippen LogP contribution in [0.25, 0.3) is 20.9 Å². The topological polar surface area (TPSA) is 178 Å². The molecule has 2 heterocycles. The van der Waals surface area contributed by atoms with Crippen molar-refractivity contribution < 1.29 is 61.2 Å². The first-order valence-electron chi connectivity index (χ1n) is 19.9. The van der Waals surface area contributed by atoms with Gasteiger partial charge in [-0.15, -0.1) is 22.7 Å². The maximum Gasteiger partial charge on any atom is 0.415 e. The Bertz CT molecular complexity index is 2740. The summed E-state index contributed by atoms with van der Waals surface area (Å²) >= 11 is 1.81. The standard InChI is InChI=1S/C46H41F4N5O9S2/c1-5-63-45(61)54(23-30-33(47)9-7-10-34(30)48)40-29(42(56)57)21-37(65-40)25-13-17-27(18-14-25)51-44(60)52-28-19-15-26(16-20-28)39-32(22-53(3)4)38(43(58)59)41(66-39)55(46(62)64-6-2)24-31-35(49)11-8-12-36(31)50/h7-21H,5-6,22-24H2,1-4H3,(H,56,57)(H,58,59)(H2,51,52,60). The predicted molar refractivity (Wildman–Crippen MR) is 243 cm³/mol. The maximum absolute atomic E-state index is 14.8. The van der Waals surface area contributed by atoms with Crippen LogP contribution in [0.1, 0.15) is 51.3 Å².